The molecule has 1 unspecified atom stereocenters. The van der Waals surface area contributed by atoms with Crippen LogP contribution in [0, 0.1) is 0 Å². The molecule has 2 aromatic carbocycles. The number of aliphatic imine (C=N–C) groups is 1. The fourth-order valence-electron chi connectivity index (χ4n) is 3.88. The van der Waals surface area contributed by atoms with Gasteiger partial charge in [0, 0.05) is 34.3 Å². The molecule has 5 nitrogen and oxygen atoms in total. The van der Waals surface area contributed by atoms with E-state index in [-0.39, 0.29) is 17.5 Å². The minimum Gasteiger partial charge on any atom is -0.508 e. The van der Waals surface area contributed by atoms with Crippen LogP contribution in [0.25, 0.3) is 0 Å². The zero-order valence-corrected chi connectivity index (χ0v) is 15.1. The van der Waals surface area contributed by atoms with E-state index in [2.05, 4.69) is 10.6 Å². The number of rotatable bonds is 2. The molecule has 1 atom stereocenters. The van der Waals surface area contributed by atoms with Crippen molar-refractivity contribution in [2.75, 3.05) is 13.1 Å². The van der Waals surface area contributed by atoms with Crippen molar-refractivity contribution in [1.29, 1.82) is 0 Å². The Hall–Kier alpha value is -2.08. The second kappa shape index (κ2) is 6.91. The largest absolute Gasteiger partial charge is 0.508 e. The first-order valence-corrected chi connectivity index (χ1v) is 9.28. The summed E-state index contributed by atoms with van der Waals surface area (Å²) in [7, 11) is 0. The number of benzene rings is 2. The minimum atomic E-state index is -0.402. The molecule has 0 bridgehead atoms. The highest BCUT2D eigenvalue weighted by atomic mass is 35.5. The quantitative estimate of drug-likeness (QED) is 0.653. The predicted octanol–water partition coefficient (Wildman–Crippen LogP) is 3.35. The van der Waals surface area contributed by atoms with Crippen LogP contribution < -0.4 is 10.6 Å². The summed E-state index contributed by atoms with van der Waals surface area (Å²) in [5.74, 6) is 0.445. The van der Waals surface area contributed by atoms with Gasteiger partial charge in [0.1, 0.15) is 17.2 Å². The van der Waals surface area contributed by atoms with Gasteiger partial charge in [-0.1, -0.05) is 29.8 Å². The maximum atomic E-state index is 10.4. The SMILES string of the molecule is Oc1ccc(Cl)cc1C1=NC2(CCNCC2)NC(c2ccccc2O)C1. The van der Waals surface area contributed by atoms with Crippen molar-refractivity contribution in [2.45, 2.75) is 31.0 Å². The van der Waals surface area contributed by atoms with Crippen LogP contribution in [0.3, 0.4) is 0 Å². The highest BCUT2D eigenvalue weighted by molar-refractivity contribution is 6.31. The molecule has 0 amide bonds. The first kappa shape index (κ1) is 17.3. The fourth-order valence-corrected chi connectivity index (χ4v) is 4.05. The summed E-state index contributed by atoms with van der Waals surface area (Å²) in [6.07, 6.45) is 2.27. The van der Waals surface area contributed by atoms with Gasteiger partial charge in [0.05, 0.1) is 0 Å². The van der Waals surface area contributed by atoms with Crippen molar-refractivity contribution in [3.05, 3.63) is 58.6 Å². The van der Waals surface area contributed by atoms with Gasteiger partial charge >= 0.3 is 0 Å². The Balaban J connectivity index is 1.79. The van der Waals surface area contributed by atoms with Crippen molar-refractivity contribution >= 4 is 17.3 Å². The lowest BCUT2D eigenvalue weighted by atomic mass is 9.88. The molecule has 26 heavy (non-hydrogen) atoms. The molecule has 2 aliphatic rings. The van der Waals surface area contributed by atoms with Crippen LogP contribution in [0.5, 0.6) is 11.5 Å². The molecule has 6 heteroatoms. The zero-order chi connectivity index (χ0) is 18.1. The molecule has 2 heterocycles. The molecule has 1 saturated heterocycles. The molecule has 0 radical (unpaired) electrons. The molecule has 2 aromatic rings. The van der Waals surface area contributed by atoms with Crippen LogP contribution in [0.2, 0.25) is 5.02 Å². The maximum absolute atomic E-state index is 10.4. The van der Waals surface area contributed by atoms with Crippen molar-refractivity contribution in [3.8, 4) is 11.5 Å². The van der Waals surface area contributed by atoms with E-state index < -0.39 is 5.66 Å². The summed E-state index contributed by atoms with van der Waals surface area (Å²) in [6.45, 7) is 1.75. The van der Waals surface area contributed by atoms with Crippen molar-refractivity contribution in [2.24, 2.45) is 4.99 Å². The highest BCUT2D eigenvalue weighted by Gasteiger charge is 2.39. The normalized spacial score (nSPS) is 22.2. The van der Waals surface area contributed by atoms with Crippen molar-refractivity contribution in [1.82, 2.24) is 10.6 Å². The van der Waals surface area contributed by atoms with Crippen LogP contribution in [0.15, 0.2) is 47.5 Å². The summed E-state index contributed by atoms with van der Waals surface area (Å²) in [6, 6.07) is 12.3. The Kier molecular flexibility index (Phi) is 4.61. The third-order valence-electron chi connectivity index (χ3n) is 5.20. The number of nitrogens with one attached hydrogen (secondary N) is 2. The van der Waals surface area contributed by atoms with Crippen LogP contribution in [-0.2, 0) is 0 Å². The van der Waals surface area contributed by atoms with E-state index in [1.54, 1.807) is 24.3 Å². The molecular weight excluding hydrogens is 350 g/mol. The molecule has 2 aliphatic heterocycles. The number of phenols is 2. The van der Waals surface area contributed by atoms with Gasteiger partial charge in [-0.15, -0.1) is 0 Å². The minimum absolute atomic E-state index is 0.0832. The Morgan fingerprint density at radius 2 is 1.81 bits per heavy atom. The van der Waals surface area contributed by atoms with E-state index in [4.69, 9.17) is 16.6 Å². The smallest absolute Gasteiger partial charge is 0.124 e. The Morgan fingerprint density at radius 1 is 1.04 bits per heavy atom. The van der Waals surface area contributed by atoms with Crippen LogP contribution in [0.4, 0.5) is 0 Å². The first-order valence-electron chi connectivity index (χ1n) is 8.90. The molecule has 136 valence electrons. The number of piperidine rings is 1. The van der Waals surface area contributed by atoms with Gasteiger partial charge in [-0.05, 0) is 50.2 Å². The number of halogens is 1. The number of para-hydroxylation sites is 1. The highest BCUT2D eigenvalue weighted by Crippen LogP contribution is 2.38. The monoisotopic (exact) mass is 371 g/mol. The number of hydrogen-bond acceptors (Lipinski definition) is 5. The number of phenolic OH excluding ortho intramolecular Hbond substituents is 2. The standard InChI is InChI=1S/C20H22ClN3O2/c21-13-5-6-19(26)15(11-13)17-12-16(14-3-1-2-4-18(14)25)23-20(24-17)7-9-22-10-8-20/h1-6,11,16,22-23,25-26H,7-10,12H2. The summed E-state index contributed by atoms with van der Waals surface area (Å²) in [5, 5.41) is 28.3. The molecule has 4 N–H and O–H groups in total. The summed E-state index contributed by atoms with van der Waals surface area (Å²) < 4.78 is 0. The molecule has 4 rings (SSSR count). The Labute approximate surface area is 157 Å². The van der Waals surface area contributed by atoms with Gasteiger partial charge in [-0.3, -0.25) is 10.3 Å². The van der Waals surface area contributed by atoms with E-state index >= 15 is 0 Å². The fraction of sp³-hybridized carbons (Fsp3) is 0.350. The van der Waals surface area contributed by atoms with Gasteiger partial charge in [-0.2, -0.15) is 0 Å². The number of nitrogens with zero attached hydrogens (tertiary/aromatic N) is 1. The lowest BCUT2D eigenvalue weighted by molar-refractivity contribution is 0.216. The lowest BCUT2D eigenvalue weighted by Crippen LogP contribution is -2.55. The Bertz CT molecular complexity index is 847. The van der Waals surface area contributed by atoms with E-state index in [1.807, 2.05) is 18.2 Å². The molecule has 1 spiro atoms. The third-order valence-corrected chi connectivity index (χ3v) is 5.44. The lowest BCUT2D eigenvalue weighted by Gasteiger charge is -2.42. The average Bonchev–Trinajstić information content (AvgIpc) is 2.64. The van der Waals surface area contributed by atoms with Gasteiger partial charge in [0.2, 0.25) is 0 Å². The van der Waals surface area contributed by atoms with E-state index in [0.29, 0.717) is 17.0 Å². The molecular formula is C20H22ClN3O2. The molecule has 0 aliphatic carbocycles. The second-order valence-electron chi connectivity index (χ2n) is 6.96. The van der Waals surface area contributed by atoms with Crippen molar-refractivity contribution in [3.63, 3.8) is 0 Å². The third kappa shape index (κ3) is 3.30. The maximum Gasteiger partial charge on any atom is 0.124 e. The summed E-state index contributed by atoms with van der Waals surface area (Å²) in [4.78, 5) is 5.02. The topological polar surface area (TPSA) is 76.9 Å². The van der Waals surface area contributed by atoms with Crippen molar-refractivity contribution < 1.29 is 10.2 Å². The van der Waals surface area contributed by atoms with Gasteiger partial charge < -0.3 is 15.5 Å². The Morgan fingerprint density at radius 3 is 2.58 bits per heavy atom. The van der Waals surface area contributed by atoms with Gasteiger partial charge in [0.15, 0.2) is 0 Å². The predicted molar refractivity (Wildman–Crippen MR) is 103 cm³/mol. The average molecular weight is 372 g/mol. The van der Waals surface area contributed by atoms with E-state index in [1.165, 1.54) is 0 Å². The number of aromatic hydroxyl groups is 2. The summed E-state index contributed by atoms with van der Waals surface area (Å²) >= 11 is 6.16. The first-order chi connectivity index (χ1) is 12.6. The molecule has 0 aromatic heterocycles. The zero-order valence-electron chi connectivity index (χ0n) is 14.4. The molecule has 0 saturated carbocycles. The van der Waals surface area contributed by atoms with E-state index in [9.17, 15) is 10.2 Å². The van der Waals surface area contributed by atoms with Gasteiger partial charge in [-0.25, -0.2) is 0 Å². The van der Waals surface area contributed by atoms with Crippen LogP contribution in [0.1, 0.15) is 36.4 Å². The number of hydrogen-bond donors (Lipinski definition) is 4. The molecule has 1 fully saturated rings. The van der Waals surface area contributed by atoms with E-state index in [0.717, 1.165) is 37.2 Å². The summed E-state index contributed by atoms with van der Waals surface area (Å²) in [5.41, 5.74) is 1.93. The van der Waals surface area contributed by atoms with Crippen LogP contribution in [-0.4, -0.2) is 34.7 Å². The van der Waals surface area contributed by atoms with Gasteiger partial charge in [0.25, 0.3) is 0 Å². The van der Waals surface area contributed by atoms with Crippen LogP contribution >= 0.6 is 11.6 Å². The second-order valence-corrected chi connectivity index (χ2v) is 7.40.